The highest BCUT2D eigenvalue weighted by atomic mass is 32.2. The van der Waals surface area contributed by atoms with Crippen molar-refractivity contribution in [3.05, 3.63) is 59.7 Å². The van der Waals surface area contributed by atoms with Gasteiger partial charge in [-0.3, -0.25) is 4.79 Å². The maximum atomic E-state index is 12.3. The van der Waals surface area contributed by atoms with Gasteiger partial charge in [-0.15, -0.1) is 0 Å². The van der Waals surface area contributed by atoms with Crippen LogP contribution in [0.4, 0.5) is 0 Å². The number of sulfonamides is 1. The van der Waals surface area contributed by atoms with Gasteiger partial charge >= 0.3 is 0 Å². The van der Waals surface area contributed by atoms with Crippen LogP contribution in [0.15, 0.2) is 53.4 Å². The number of primary sulfonamides is 1. The average Bonchev–Trinajstić information content (AvgIpc) is 2.59. The van der Waals surface area contributed by atoms with Crippen molar-refractivity contribution in [2.24, 2.45) is 5.14 Å². The smallest absolute Gasteiger partial charge is 0.260 e. The average molecular weight is 362 g/mol. The van der Waals surface area contributed by atoms with Crippen molar-refractivity contribution in [3.63, 3.8) is 0 Å². The summed E-state index contributed by atoms with van der Waals surface area (Å²) in [6.07, 6.45) is 0. The summed E-state index contributed by atoms with van der Waals surface area (Å²) in [6, 6.07) is 13.4. The van der Waals surface area contributed by atoms with Gasteiger partial charge in [0.1, 0.15) is 5.75 Å². The molecule has 0 saturated heterocycles. The molecular formula is C18H22N2O4S. The Morgan fingerprint density at radius 1 is 1.12 bits per heavy atom. The number of ether oxygens (including phenoxy) is 1. The lowest BCUT2D eigenvalue weighted by atomic mass is 10.1. The van der Waals surface area contributed by atoms with E-state index in [1.54, 1.807) is 24.1 Å². The van der Waals surface area contributed by atoms with Gasteiger partial charge in [0, 0.05) is 7.05 Å². The lowest BCUT2D eigenvalue weighted by Crippen LogP contribution is -2.33. The van der Waals surface area contributed by atoms with Crippen LogP contribution in [0, 0.1) is 6.92 Å². The number of nitrogens with two attached hydrogens (primary N) is 1. The topological polar surface area (TPSA) is 89.7 Å². The molecule has 0 spiro atoms. The maximum absolute atomic E-state index is 12.3. The highest BCUT2D eigenvalue weighted by Gasteiger charge is 2.18. The largest absolute Gasteiger partial charge is 0.484 e. The summed E-state index contributed by atoms with van der Waals surface area (Å²) in [5.41, 5.74) is 1.92. The Labute approximate surface area is 148 Å². The molecule has 2 aromatic rings. The molecule has 2 N–H and O–H groups in total. The molecule has 2 aromatic carbocycles. The van der Waals surface area contributed by atoms with Gasteiger partial charge in [-0.05, 0) is 43.7 Å². The zero-order valence-corrected chi connectivity index (χ0v) is 15.3. The van der Waals surface area contributed by atoms with E-state index in [2.05, 4.69) is 0 Å². The van der Waals surface area contributed by atoms with Crippen LogP contribution in [0.3, 0.4) is 0 Å². The first-order chi connectivity index (χ1) is 11.7. The highest BCUT2D eigenvalue weighted by molar-refractivity contribution is 7.89. The second-order valence-corrected chi connectivity index (χ2v) is 7.46. The number of hydrogen-bond acceptors (Lipinski definition) is 4. The molecule has 1 amide bonds. The molecule has 0 aliphatic heterocycles. The highest BCUT2D eigenvalue weighted by Crippen LogP contribution is 2.21. The molecule has 7 heteroatoms. The fraction of sp³-hybridized carbons (Fsp3) is 0.278. The third-order valence-electron chi connectivity index (χ3n) is 4.05. The first kappa shape index (κ1) is 19.0. The number of hydrogen-bond donors (Lipinski definition) is 1. The van der Waals surface area contributed by atoms with Gasteiger partial charge in [0.25, 0.3) is 5.91 Å². The SMILES string of the molecule is Cc1ccc(OCC(=O)N(C)C(C)c2ccc(S(N)(=O)=O)cc2)cc1. The molecule has 0 heterocycles. The lowest BCUT2D eigenvalue weighted by Gasteiger charge is -2.25. The number of aryl methyl sites for hydroxylation is 1. The maximum Gasteiger partial charge on any atom is 0.260 e. The van der Waals surface area contributed by atoms with Crippen molar-refractivity contribution in [3.8, 4) is 5.75 Å². The van der Waals surface area contributed by atoms with Crippen LogP contribution in [0.5, 0.6) is 5.75 Å². The quantitative estimate of drug-likeness (QED) is 0.853. The summed E-state index contributed by atoms with van der Waals surface area (Å²) in [4.78, 5) is 13.9. The molecule has 0 aliphatic rings. The summed E-state index contributed by atoms with van der Waals surface area (Å²) in [7, 11) is -2.05. The standard InChI is InChI=1S/C18H22N2O4S/c1-13-4-8-16(9-5-13)24-12-18(21)20(3)14(2)15-6-10-17(11-7-15)25(19,22)23/h4-11,14H,12H2,1-3H3,(H2,19,22,23). The van der Waals surface area contributed by atoms with Crippen molar-refractivity contribution < 1.29 is 17.9 Å². The molecule has 2 rings (SSSR count). The van der Waals surface area contributed by atoms with Crippen LogP contribution in [0.2, 0.25) is 0 Å². The van der Waals surface area contributed by atoms with Crippen molar-refractivity contribution in [1.29, 1.82) is 0 Å². The molecule has 0 aliphatic carbocycles. The predicted molar refractivity (Wildman–Crippen MR) is 95.7 cm³/mol. The van der Waals surface area contributed by atoms with Crippen molar-refractivity contribution in [1.82, 2.24) is 4.90 Å². The molecule has 0 radical (unpaired) electrons. The van der Waals surface area contributed by atoms with E-state index < -0.39 is 10.0 Å². The summed E-state index contributed by atoms with van der Waals surface area (Å²) in [6.45, 7) is 3.76. The second kappa shape index (κ2) is 7.67. The number of carbonyl (C=O) groups is 1. The van der Waals surface area contributed by atoms with Gasteiger partial charge in [-0.25, -0.2) is 13.6 Å². The van der Waals surface area contributed by atoms with E-state index in [9.17, 15) is 13.2 Å². The third kappa shape index (κ3) is 5.04. The van der Waals surface area contributed by atoms with Gasteiger partial charge in [-0.2, -0.15) is 0 Å². The van der Waals surface area contributed by atoms with Gasteiger partial charge in [0.15, 0.2) is 6.61 Å². The zero-order valence-electron chi connectivity index (χ0n) is 14.5. The number of rotatable bonds is 6. The molecule has 0 bridgehead atoms. The minimum absolute atomic E-state index is 0.0418. The summed E-state index contributed by atoms with van der Waals surface area (Å²) in [5.74, 6) is 0.459. The van der Waals surface area contributed by atoms with Gasteiger partial charge in [-0.1, -0.05) is 29.8 Å². The Morgan fingerprint density at radius 3 is 2.20 bits per heavy atom. The minimum Gasteiger partial charge on any atom is -0.484 e. The van der Waals surface area contributed by atoms with Crippen molar-refractivity contribution in [2.75, 3.05) is 13.7 Å². The minimum atomic E-state index is -3.72. The van der Waals surface area contributed by atoms with E-state index in [1.807, 2.05) is 38.1 Å². The number of likely N-dealkylation sites (N-methyl/N-ethyl adjacent to an activating group) is 1. The molecule has 134 valence electrons. The fourth-order valence-corrected chi connectivity index (χ4v) is 2.77. The normalized spacial score (nSPS) is 12.5. The lowest BCUT2D eigenvalue weighted by molar-refractivity contribution is -0.134. The van der Waals surface area contributed by atoms with E-state index in [1.165, 1.54) is 12.1 Å². The number of carbonyl (C=O) groups excluding carboxylic acids is 1. The van der Waals surface area contributed by atoms with Crippen LogP contribution < -0.4 is 9.88 Å². The molecule has 25 heavy (non-hydrogen) atoms. The summed E-state index contributed by atoms with van der Waals surface area (Å²) in [5, 5.41) is 5.09. The van der Waals surface area contributed by atoms with Crippen LogP contribution in [0.25, 0.3) is 0 Å². The number of nitrogens with zero attached hydrogens (tertiary/aromatic N) is 1. The van der Waals surface area contributed by atoms with E-state index in [-0.39, 0.29) is 23.5 Å². The van der Waals surface area contributed by atoms with E-state index in [0.717, 1.165) is 11.1 Å². The Balaban J connectivity index is 1.99. The van der Waals surface area contributed by atoms with Crippen LogP contribution in [0.1, 0.15) is 24.1 Å². The molecule has 0 saturated carbocycles. The van der Waals surface area contributed by atoms with Gasteiger partial charge in [0.05, 0.1) is 10.9 Å². The van der Waals surface area contributed by atoms with Crippen molar-refractivity contribution >= 4 is 15.9 Å². The molecular weight excluding hydrogens is 340 g/mol. The predicted octanol–water partition coefficient (Wildman–Crippen LogP) is 2.24. The number of benzene rings is 2. The fourth-order valence-electron chi connectivity index (χ4n) is 2.26. The Morgan fingerprint density at radius 2 is 1.68 bits per heavy atom. The Bertz CT molecular complexity index is 830. The zero-order chi connectivity index (χ0) is 18.6. The molecule has 6 nitrogen and oxygen atoms in total. The van der Waals surface area contributed by atoms with Crippen molar-refractivity contribution in [2.45, 2.75) is 24.8 Å². The monoisotopic (exact) mass is 362 g/mol. The number of amides is 1. The van der Waals surface area contributed by atoms with Crippen LogP contribution >= 0.6 is 0 Å². The van der Waals surface area contributed by atoms with Crippen LogP contribution in [-0.2, 0) is 14.8 Å². The molecule has 0 aromatic heterocycles. The van der Waals surface area contributed by atoms with Gasteiger partial charge in [0.2, 0.25) is 10.0 Å². The van der Waals surface area contributed by atoms with Crippen LogP contribution in [-0.4, -0.2) is 32.9 Å². The van der Waals surface area contributed by atoms with Gasteiger partial charge < -0.3 is 9.64 Å². The third-order valence-corrected chi connectivity index (χ3v) is 4.98. The Hall–Kier alpha value is -2.38. The van der Waals surface area contributed by atoms with E-state index >= 15 is 0 Å². The summed E-state index contributed by atoms with van der Waals surface area (Å²) >= 11 is 0. The van der Waals surface area contributed by atoms with E-state index in [0.29, 0.717) is 5.75 Å². The first-order valence-corrected chi connectivity index (χ1v) is 9.31. The Kier molecular flexibility index (Phi) is 5.81. The molecule has 0 fully saturated rings. The van der Waals surface area contributed by atoms with E-state index in [4.69, 9.17) is 9.88 Å². The first-order valence-electron chi connectivity index (χ1n) is 7.76. The summed E-state index contributed by atoms with van der Waals surface area (Å²) < 4.78 is 28.1. The molecule has 1 unspecified atom stereocenters. The molecule has 1 atom stereocenters. The second-order valence-electron chi connectivity index (χ2n) is 5.90.